The first-order valence-electron chi connectivity index (χ1n) is 8.86. The van der Waals surface area contributed by atoms with Gasteiger partial charge in [0.25, 0.3) is 0 Å². The second kappa shape index (κ2) is 8.19. The molecule has 0 saturated carbocycles. The number of benzene rings is 2. The number of halogens is 3. The van der Waals surface area contributed by atoms with Gasteiger partial charge in [-0.25, -0.2) is 5.01 Å². The zero-order valence-electron chi connectivity index (χ0n) is 15.1. The normalized spacial score (nSPS) is 21.1. The summed E-state index contributed by atoms with van der Waals surface area (Å²) in [5.41, 5.74) is 1.78. The van der Waals surface area contributed by atoms with Crippen molar-refractivity contribution in [1.82, 2.24) is 5.01 Å². The summed E-state index contributed by atoms with van der Waals surface area (Å²) in [6.07, 6.45) is -2.31. The van der Waals surface area contributed by atoms with Crippen LogP contribution in [-0.4, -0.2) is 25.0 Å². The molecule has 0 bridgehead atoms. The van der Waals surface area contributed by atoms with Crippen LogP contribution >= 0.6 is 0 Å². The first-order valence-corrected chi connectivity index (χ1v) is 8.86. The molecule has 1 fully saturated rings. The van der Waals surface area contributed by atoms with Crippen LogP contribution < -0.4 is 15.3 Å². The summed E-state index contributed by atoms with van der Waals surface area (Å²) in [7, 11) is 1.51. The topological polar surface area (TPSA) is 47.7 Å². The monoisotopic (exact) mass is 380 g/mol. The van der Waals surface area contributed by atoms with Gasteiger partial charge in [0.2, 0.25) is 0 Å². The van der Waals surface area contributed by atoms with Gasteiger partial charge in [0.1, 0.15) is 11.5 Å². The number of hydrazine groups is 1. The van der Waals surface area contributed by atoms with Crippen molar-refractivity contribution in [3.05, 3.63) is 59.7 Å². The minimum absolute atomic E-state index is 0.00292. The Hall–Kier alpha value is -2.25. The molecule has 0 unspecified atom stereocenters. The number of nitrogens with two attached hydrogens (primary N) is 1. The van der Waals surface area contributed by atoms with E-state index in [1.807, 2.05) is 35.3 Å². The fourth-order valence-electron chi connectivity index (χ4n) is 3.83. The molecule has 2 aromatic carbocycles. The third-order valence-corrected chi connectivity index (χ3v) is 4.90. The molecule has 0 radical (unpaired) electrons. The Bertz CT molecular complexity index is 753. The van der Waals surface area contributed by atoms with Crippen LogP contribution in [0.5, 0.6) is 11.5 Å². The fraction of sp³-hybridized carbons (Fsp3) is 0.400. The van der Waals surface area contributed by atoms with E-state index < -0.39 is 6.36 Å². The Labute approximate surface area is 156 Å². The number of rotatable bonds is 5. The van der Waals surface area contributed by atoms with Crippen molar-refractivity contribution in [1.29, 1.82) is 0 Å². The highest BCUT2D eigenvalue weighted by Crippen LogP contribution is 2.39. The lowest BCUT2D eigenvalue weighted by Gasteiger charge is -2.39. The molecule has 146 valence electrons. The van der Waals surface area contributed by atoms with Gasteiger partial charge in [-0.2, -0.15) is 0 Å². The molecule has 1 aliphatic rings. The maximum atomic E-state index is 12.6. The third kappa shape index (κ3) is 4.93. The van der Waals surface area contributed by atoms with E-state index in [9.17, 15) is 13.2 Å². The zero-order chi connectivity index (χ0) is 19.4. The molecule has 27 heavy (non-hydrogen) atoms. The molecule has 3 rings (SSSR count). The van der Waals surface area contributed by atoms with Crippen LogP contribution in [0.25, 0.3) is 0 Å². The molecule has 0 aromatic heterocycles. The SMILES string of the molecule is COc1ccc(OC(F)(F)F)cc1C[C@@H]1CCCN(N)[C@@H]1c1ccccc1. The maximum absolute atomic E-state index is 12.6. The predicted octanol–water partition coefficient (Wildman–Crippen LogP) is 4.46. The van der Waals surface area contributed by atoms with Crippen LogP contribution in [0.2, 0.25) is 0 Å². The molecule has 0 amide bonds. The van der Waals surface area contributed by atoms with Crippen molar-refractivity contribution in [2.24, 2.45) is 11.8 Å². The number of piperidine rings is 1. The molecule has 2 atom stereocenters. The minimum Gasteiger partial charge on any atom is -0.496 e. The van der Waals surface area contributed by atoms with Crippen LogP contribution in [0.3, 0.4) is 0 Å². The maximum Gasteiger partial charge on any atom is 0.573 e. The molecule has 1 saturated heterocycles. The minimum atomic E-state index is -4.72. The molecule has 1 aliphatic heterocycles. The zero-order valence-corrected chi connectivity index (χ0v) is 15.1. The van der Waals surface area contributed by atoms with E-state index in [2.05, 4.69) is 4.74 Å². The van der Waals surface area contributed by atoms with E-state index in [1.54, 1.807) is 0 Å². The Morgan fingerprint density at radius 2 is 1.89 bits per heavy atom. The molecule has 2 N–H and O–H groups in total. The van der Waals surface area contributed by atoms with Crippen LogP contribution in [0, 0.1) is 5.92 Å². The third-order valence-electron chi connectivity index (χ3n) is 4.90. The lowest BCUT2D eigenvalue weighted by Crippen LogP contribution is -2.44. The Morgan fingerprint density at radius 1 is 1.15 bits per heavy atom. The molecule has 2 aromatic rings. The van der Waals surface area contributed by atoms with Gasteiger partial charge in [-0.05, 0) is 54.5 Å². The fourth-order valence-corrected chi connectivity index (χ4v) is 3.83. The summed E-state index contributed by atoms with van der Waals surface area (Å²) >= 11 is 0. The quantitative estimate of drug-likeness (QED) is 0.778. The molecule has 0 aliphatic carbocycles. The lowest BCUT2D eigenvalue weighted by atomic mass is 9.81. The van der Waals surface area contributed by atoms with Crippen LogP contribution in [0.15, 0.2) is 48.5 Å². The van der Waals surface area contributed by atoms with Crippen molar-refractivity contribution in [3.8, 4) is 11.5 Å². The van der Waals surface area contributed by atoms with Gasteiger partial charge in [0, 0.05) is 6.54 Å². The number of methoxy groups -OCH3 is 1. The highest BCUT2D eigenvalue weighted by Gasteiger charge is 2.33. The first kappa shape index (κ1) is 19.5. The molecular weight excluding hydrogens is 357 g/mol. The van der Waals surface area contributed by atoms with Gasteiger partial charge in [0.05, 0.1) is 13.2 Å². The smallest absolute Gasteiger partial charge is 0.496 e. The van der Waals surface area contributed by atoms with Crippen molar-refractivity contribution in [3.63, 3.8) is 0 Å². The summed E-state index contributed by atoms with van der Waals surface area (Å²) in [5.74, 6) is 6.73. The highest BCUT2D eigenvalue weighted by atomic mass is 19.4. The summed E-state index contributed by atoms with van der Waals surface area (Å²) in [5, 5.41) is 1.83. The average molecular weight is 380 g/mol. The summed E-state index contributed by atoms with van der Waals surface area (Å²) in [4.78, 5) is 0. The van der Waals surface area contributed by atoms with E-state index in [-0.39, 0.29) is 17.7 Å². The Kier molecular flexibility index (Phi) is 5.92. The molecule has 1 heterocycles. The Morgan fingerprint density at radius 3 is 2.56 bits per heavy atom. The second-order valence-corrected chi connectivity index (χ2v) is 6.72. The number of nitrogens with zero attached hydrogens (tertiary/aromatic N) is 1. The molecule has 0 spiro atoms. The number of alkyl halides is 3. The molecular formula is C20H23F3N2O2. The van der Waals surface area contributed by atoms with Gasteiger partial charge in [-0.1, -0.05) is 30.3 Å². The van der Waals surface area contributed by atoms with Crippen LogP contribution in [0.1, 0.15) is 30.0 Å². The van der Waals surface area contributed by atoms with Crippen LogP contribution in [0.4, 0.5) is 13.2 Å². The van der Waals surface area contributed by atoms with E-state index >= 15 is 0 Å². The van der Waals surface area contributed by atoms with Gasteiger partial charge < -0.3 is 9.47 Å². The van der Waals surface area contributed by atoms with E-state index in [0.29, 0.717) is 17.7 Å². The largest absolute Gasteiger partial charge is 0.573 e. The van der Waals surface area contributed by atoms with E-state index in [1.165, 1.54) is 25.3 Å². The summed E-state index contributed by atoms with van der Waals surface area (Å²) in [6, 6.07) is 14.1. The number of hydrogen-bond donors (Lipinski definition) is 1. The second-order valence-electron chi connectivity index (χ2n) is 6.72. The Balaban J connectivity index is 1.88. The van der Waals surface area contributed by atoms with Gasteiger partial charge in [-0.3, -0.25) is 5.84 Å². The standard InChI is InChI=1S/C20H23F3N2O2/c1-26-18-10-9-17(27-20(21,22)23)13-16(18)12-15-8-5-11-25(24)19(15)14-6-3-2-4-7-14/h2-4,6-7,9-10,13,15,19H,5,8,11-12,24H2,1H3/t15-,19+/m0/s1. The van der Waals surface area contributed by atoms with Crippen molar-refractivity contribution < 1.29 is 22.6 Å². The number of ether oxygens (including phenoxy) is 2. The van der Waals surface area contributed by atoms with Crippen molar-refractivity contribution in [2.75, 3.05) is 13.7 Å². The summed E-state index contributed by atoms with van der Waals surface area (Å²) < 4.78 is 47.1. The van der Waals surface area contributed by atoms with Gasteiger partial charge >= 0.3 is 6.36 Å². The predicted molar refractivity (Wildman–Crippen MR) is 96.2 cm³/mol. The van der Waals surface area contributed by atoms with Crippen molar-refractivity contribution in [2.45, 2.75) is 31.7 Å². The number of hydrogen-bond acceptors (Lipinski definition) is 4. The molecule has 7 heteroatoms. The first-order chi connectivity index (χ1) is 12.9. The van der Waals surface area contributed by atoms with Crippen LogP contribution in [-0.2, 0) is 6.42 Å². The van der Waals surface area contributed by atoms with Gasteiger partial charge in [0.15, 0.2) is 0 Å². The highest BCUT2D eigenvalue weighted by molar-refractivity contribution is 5.41. The average Bonchev–Trinajstić information content (AvgIpc) is 2.61. The lowest BCUT2D eigenvalue weighted by molar-refractivity contribution is -0.274. The summed E-state index contributed by atoms with van der Waals surface area (Å²) in [6.45, 7) is 0.782. The molecule has 4 nitrogen and oxygen atoms in total. The van der Waals surface area contributed by atoms with Gasteiger partial charge in [-0.15, -0.1) is 13.2 Å². The van der Waals surface area contributed by atoms with Crippen molar-refractivity contribution >= 4 is 0 Å². The van der Waals surface area contributed by atoms with E-state index in [0.717, 1.165) is 24.9 Å². The van der Waals surface area contributed by atoms with E-state index in [4.69, 9.17) is 10.6 Å².